The zero-order valence-corrected chi connectivity index (χ0v) is 12.7. The Kier molecular flexibility index (Phi) is 5.42. The SMILES string of the molecule is CCCCNc1ncnc(Nc2ccc(Cl)cn2)c1[N+](=O)[O-]. The van der Waals surface area contributed by atoms with Gasteiger partial charge in [0, 0.05) is 12.7 Å². The predicted octanol–water partition coefficient (Wildman–Crippen LogP) is 3.39. The van der Waals surface area contributed by atoms with E-state index in [2.05, 4.69) is 25.6 Å². The molecule has 2 aromatic heterocycles. The van der Waals surface area contributed by atoms with E-state index >= 15 is 0 Å². The van der Waals surface area contributed by atoms with Crippen LogP contribution in [0.4, 0.5) is 23.1 Å². The van der Waals surface area contributed by atoms with Crippen molar-refractivity contribution < 1.29 is 4.92 Å². The fraction of sp³-hybridized carbons (Fsp3) is 0.308. The van der Waals surface area contributed by atoms with Gasteiger partial charge in [-0.3, -0.25) is 10.1 Å². The molecule has 2 rings (SSSR count). The molecule has 22 heavy (non-hydrogen) atoms. The minimum atomic E-state index is -0.521. The molecule has 0 aliphatic rings. The Bertz CT molecular complexity index is 649. The first-order valence-corrected chi connectivity index (χ1v) is 7.11. The van der Waals surface area contributed by atoms with E-state index in [4.69, 9.17) is 11.6 Å². The van der Waals surface area contributed by atoms with Crippen molar-refractivity contribution >= 4 is 34.7 Å². The summed E-state index contributed by atoms with van der Waals surface area (Å²) in [6.45, 7) is 2.64. The molecule has 0 aliphatic carbocycles. The lowest BCUT2D eigenvalue weighted by Gasteiger charge is -2.09. The molecule has 9 heteroatoms. The average molecular weight is 323 g/mol. The van der Waals surface area contributed by atoms with Gasteiger partial charge in [0.2, 0.25) is 11.6 Å². The van der Waals surface area contributed by atoms with Gasteiger partial charge in [0.15, 0.2) is 0 Å². The number of aromatic nitrogens is 3. The number of nitrogens with zero attached hydrogens (tertiary/aromatic N) is 4. The maximum Gasteiger partial charge on any atom is 0.353 e. The molecule has 0 saturated carbocycles. The predicted molar refractivity (Wildman–Crippen MR) is 84.6 cm³/mol. The van der Waals surface area contributed by atoms with E-state index in [0.717, 1.165) is 12.8 Å². The van der Waals surface area contributed by atoms with Gasteiger partial charge in [0.25, 0.3) is 0 Å². The summed E-state index contributed by atoms with van der Waals surface area (Å²) in [5.74, 6) is 0.671. The third-order valence-corrected chi connectivity index (χ3v) is 3.03. The second-order valence-electron chi connectivity index (χ2n) is 4.44. The molecule has 2 N–H and O–H groups in total. The Morgan fingerprint density at radius 3 is 2.68 bits per heavy atom. The lowest BCUT2D eigenvalue weighted by molar-refractivity contribution is -0.383. The van der Waals surface area contributed by atoms with Gasteiger partial charge >= 0.3 is 5.69 Å². The number of hydrogen-bond acceptors (Lipinski definition) is 7. The molecule has 0 radical (unpaired) electrons. The molecule has 0 spiro atoms. The maximum atomic E-state index is 11.3. The van der Waals surface area contributed by atoms with E-state index in [9.17, 15) is 10.1 Å². The van der Waals surface area contributed by atoms with Crippen LogP contribution >= 0.6 is 11.6 Å². The van der Waals surface area contributed by atoms with Crippen LogP contribution in [0.5, 0.6) is 0 Å². The van der Waals surface area contributed by atoms with Gasteiger partial charge < -0.3 is 10.6 Å². The van der Waals surface area contributed by atoms with Crippen LogP contribution in [0, 0.1) is 10.1 Å². The summed E-state index contributed by atoms with van der Waals surface area (Å²) in [4.78, 5) is 22.7. The van der Waals surface area contributed by atoms with Gasteiger partial charge in [0.05, 0.1) is 9.95 Å². The van der Waals surface area contributed by atoms with Gasteiger partial charge in [0.1, 0.15) is 12.1 Å². The average Bonchev–Trinajstić information content (AvgIpc) is 2.50. The van der Waals surface area contributed by atoms with Crippen molar-refractivity contribution in [1.82, 2.24) is 15.0 Å². The van der Waals surface area contributed by atoms with E-state index in [1.54, 1.807) is 12.1 Å². The zero-order chi connectivity index (χ0) is 15.9. The first-order valence-electron chi connectivity index (χ1n) is 6.73. The van der Waals surface area contributed by atoms with Crippen molar-refractivity contribution in [3.8, 4) is 0 Å². The monoisotopic (exact) mass is 322 g/mol. The summed E-state index contributed by atoms with van der Waals surface area (Å²) in [5, 5.41) is 17.6. The van der Waals surface area contributed by atoms with Gasteiger partial charge in [-0.2, -0.15) is 0 Å². The molecule has 0 aromatic carbocycles. The van der Waals surface area contributed by atoms with Crippen LogP contribution in [0.2, 0.25) is 5.02 Å². The smallest absolute Gasteiger partial charge is 0.353 e. The quantitative estimate of drug-likeness (QED) is 0.457. The Morgan fingerprint density at radius 1 is 1.27 bits per heavy atom. The molecular weight excluding hydrogens is 308 g/mol. The van der Waals surface area contributed by atoms with Crippen LogP contribution in [0.15, 0.2) is 24.7 Å². The Hall–Kier alpha value is -2.48. The normalized spacial score (nSPS) is 10.3. The molecular formula is C13H15ClN6O2. The number of hydrogen-bond donors (Lipinski definition) is 2. The minimum Gasteiger partial charge on any atom is -0.364 e. The molecule has 0 fully saturated rings. The summed E-state index contributed by atoms with van der Waals surface area (Å²) in [6.07, 6.45) is 4.57. The molecule has 2 aromatic rings. The van der Waals surface area contributed by atoms with E-state index in [0.29, 0.717) is 17.4 Å². The molecule has 0 aliphatic heterocycles. The molecule has 0 amide bonds. The van der Waals surface area contributed by atoms with Gasteiger partial charge in [-0.1, -0.05) is 24.9 Å². The fourth-order valence-corrected chi connectivity index (χ4v) is 1.84. The zero-order valence-electron chi connectivity index (χ0n) is 11.9. The Labute approximate surface area is 132 Å². The molecule has 0 unspecified atom stereocenters. The summed E-state index contributed by atoms with van der Waals surface area (Å²) in [6, 6.07) is 3.24. The first-order chi connectivity index (χ1) is 10.6. The van der Waals surface area contributed by atoms with Crippen molar-refractivity contribution in [3.05, 3.63) is 39.8 Å². The number of unbranched alkanes of at least 4 members (excludes halogenated alkanes) is 1. The van der Waals surface area contributed by atoms with Crippen molar-refractivity contribution in [2.75, 3.05) is 17.2 Å². The van der Waals surface area contributed by atoms with Crippen molar-refractivity contribution in [2.45, 2.75) is 19.8 Å². The lowest BCUT2D eigenvalue weighted by Crippen LogP contribution is -2.09. The Balaban J connectivity index is 2.27. The highest BCUT2D eigenvalue weighted by Crippen LogP contribution is 2.30. The Morgan fingerprint density at radius 2 is 2.05 bits per heavy atom. The molecule has 0 bridgehead atoms. The second-order valence-corrected chi connectivity index (χ2v) is 4.88. The summed E-state index contributed by atoms with van der Waals surface area (Å²) in [5.41, 5.74) is -0.213. The first kappa shape index (κ1) is 15.9. The summed E-state index contributed by atoms with van der Waals surface area (Å²) in [7, 11) is 0. The number of nitro groups is 1. The highest BCUT2D eigenvalue weighted by molar-refractivity contribution is 6.30. The highest BCUT2D eigenvalue weighted by Gasteiger charge is 2.23. The lowest BCUT2D eigenvalue weighted by atomic mass is 10.3. The summed E-state index contributed by atoms with van der Waals surface area (Å²) >= 11 is 5.76. The van der Waals surface area contributed by atoms with Crippen LogP contribution in [-0.2, 0) is 0 Å². The van der Waals surface area contributed by atoms with E-state index in [1.807, 2.05) is 6.92 Å². The molecule has 116 valence electrons. The van der Waals surface area contributed by atoms with E-state index in [1.165, 1.54) is 12.5 Å². The number of anilines is 3. The van der Waals surface area contributed by atoms with Crippen LogP contribution in [0.25, 0.3) is 0 Å². The standard InChI is InChI=1S/C13H15ClN6O2/c1-2-3-6-15-12-11(20(21)22)13(18-8-17-12)19-10-5-4-9(14)7-16-10/h4-5,7-8H,2-3,6H2,1H3,(H2,15,16,17,18,19). The van der Waals surface area contributed by atoms with Gasteiger partial charge in [-0.25, -0.2) is 15.0 Å². The van der Waals surface area contributed by atoms with E-state index < -0.39 is 4.92 Å². The third-order valence-electron chi connectivity index (χ3n) is 2.80. The van der Waals surface area contributed by atoms with Crippen molar-refractivity contribution in [2.24, 2.45) is 0 Å². The minimum absolute atomic E-state index is 0.0776. The number of halogens is 1. The second kappa shape index (κ2) is 7.51. The van der Waals surface area contributed by atoms with E-state index in [-0.39, 0.29) is 17.3 Å². The fourth-order valence-electron chi connectivity index (χ4n) is 1.73. The number of nitrogens with one attached hydrogen (secondary N) is 2. The molecule has 2 heterocycles. The van der Waals surface area contributed by atoms with Gasteiger partial charge in [-0.05, 0) is 18.6 Å². The van der Waals surface area contributed by atoms with Crippen LogP contribution in [-0.4, -0.2) is 26.4 Å². The number of pyridine rings is 1. The van der Waals surface area contributed by atoms with Crippen molar-refractivity contribution in [1.29, 1.82) is 0 Å². The van der Waals surface area contributed by atoms with Crippen LogP contribution in [0.3, 0.4) is 0 Å². The van der Waals surface area contributed by atoms with Crippen molar-refractivity contribution in [3.63, 3.8) is 0 Å². The van der Waals surface area contributed by atoms with Crippen LogP contribution < -0.4 is 10.6 Å². The molecule has 0 saturated heterocycles. The largest absolute Gasteiger partial charge is 0.364 e. The maximum absolute atomic E-state index is 11.3. The molecule has 0 atom stereocenters. The topological polar surface area (TPSA) is 106 Å². The van der Waals surface area contributed by atoms with Gasteiger partial charge in [-0.15, -0.1) is 0 Å². The highest BCUT2D eigenvalue weighted by atomic mass is 35.5. The molecule has 8 nitrogen and oxygen atoms in total. The summed E-state index contributed by atoms with van der Waals surface area (Å²) < 4.78 is 0. The number of rotatable bonds is 7. The van der Waals surface area contributed by atoms with Crippen LogP contribution in [0.1, 0.15) is 19.8 Å². The third kappa shape index (κ3) is 4.01.